The van der Waals surface area contributed by atoms with Gasteiger partial charge in [-0.2, -0.15) is 10.2 Å². The van der Waals surface area contributed by atoms with E-state index in [0.29, 0.717) is 36.1 Å². The largest absolute Gasteiger partial charge is 0.485 e. The molecule has 0 spiro atoms. The Labute approximate surface area is 167 Å². The first-order valence-electron chi connectivity index (χ1n) is 9.51. The maximum atomic E-state index is 12.6. The lowest BCUT2D eigenvalue weighted by Crippen LogP contribution is -2.54. The Hall–Kier alpha value is -3.62. The van der Waals surface area contributed by atoms with E-state index in [1.807, 2.05) is 11.1 Å². The summed E-state index contributed by atoms with van der Waals surface area (Å²) in [5, 5.41) is 10.2. The Bertz CT molecular complexity index is 1020. The highest BCUT2D eigenvalue weighted by atomic mass is 16.5. The van der Waals surface area contributed by atoms with Crippen molar-refractivity contribution in [2.24, 2.45) is 0 Å². The van der Waals surface area contributed by atoms with Gasteiger partial charge in [-0.15, -0.1) is 0 Å². The number of nitrogens with zero attached hydrogens (tertiary/aromatic N) is 6. The molecule has 0 atom stereocenters. The Kier molecular flexibility index (Phi) is 4.47. The second-order valence-electron chi connectivity index (χ2n) is 7.21. The van der Waals surface area contributed by atoms with Gasteiger partial charge in [0.1, 0.15) is 18.2 Å². The van der Waals surface area contributed by atoms with E-state index in [9.17, 15) is 4.79 Å². The third-order valence-electron chi connectivity index (χ3n) is 5.02. The minimum Gasteiger partial charge on any atom is -0.485 e. The minimum atomic E-state index is -0.318. The number of anilines is 2. The smallest absolute Gasteiger partial charge is 0.276 e. The minimum absolute atomic E-state index is 0.0340. The van der Waals surface area contributed by atoms with E-state index in [-0.39, 0.29) is 12.0 Å². The molecule has 4 heterocycles. The first kappa shape index (κ1) is 17.5. The molecule has 1 aliphatic heterocycles. The van der Waals surface area contributed by atoms with Crippen molar-refractivity contribution in [3.8, 4) is 5.75 Å². The zero-order chi connectivity index (χ0) is 19.6. The third-order valence-corrected chi connectivity index (χ3v) is 5.02. The van der Waals surface area contributed by atoms with Gasteiger partial charge in [-0.3, -0.25) is 9.78 Å². The Morgan fingerprint density at radius 1 is 1.10 bits per heavy atom. The van der Waals surface area contributed by atoms with Gasteiger partial charge in [0.2, 0.25) is 0 Å². The van der Waals surface area contributed by atoms with Crippen LogP contribution >= 0.6 is 0 Å². The summed E-state index contributed by atoms with van der Waals surface area (Å²) in [7, 11) is 0. The van der Waals surface area contributed by atoms with E-state index in [2.05, 4.69) is 36.5 Å². The van der Waals surface area contributed by atoms with E-state index in [1.54, 1.807) is 18.5 Å². The van der Waals surface area contributed by atoms with E-state index < -0.39 is 0 Å². The molecular weight excluding hydrogens is 370 g/mol. The second kappa shape index (κ2) is 7.42. The van der Waals surface area contributed by atoms with Gasteiger partial charge in [-0.25, -0.2) is 9.97 Å². The summed E-state index contributed by atoms with van der Waals surface area (Å²) in [5.74, 6) is 1.12. The van der Waals surface area contributed by atoms with Gasteiger partial charge in [0.15, 0.2) is 5.69 Å². The van der Waals surface area contributed by atoms with Crippen LogP contribution in [0, 0.1) is 0 Å². The maximum absolute atomic E-state index is 12.6. The lowest BCUT2D eigenvalue weighted by Gasteiger charge is -2.40. The zero-order valence-electron chi connectivity index (χ0n) is 15.6. The maximum Gasteiger partial charge on any atom is 0.276 e. The van der Waals surface area contributed by atoms with Crippen LogP contribution in [-0.2, 0) is 0 Å². The van der Waals surface area contributed by atoms with Crippen LogP contribution in [0.1, 0.15) is 34.8 Å². The van der Waals surface area contributed by atoms with Crippen LogP contribution in [0.15, 0.2) is 49.4 Å². The lowest BCUT2D eigenvalue weighted by molar-refractivity contribution is 0.102. The summed E-state index contributed by atoms with van der Waals surface area (Å²) in [6, 6.07) is 3.75. The topological polar surface area (TPSA) is 106 Å². The standard InChI is InChI=1S/C20H19N7O2/c28-20(26-15-3-4-24-25-7-15)19-18(9-22-12-23-19)27-10-17(11-27)29-16-5-14(6-21-8-16)13-1-2-13/h3-9,12-13,17H,1-2,10-11H2,(H,24,26,28). The van der Waals surface area contributed by atoms with Crippen LogP contribution in [0.4, 0.5) is 11.4 Å². The molecule has 0 aromatic carbocycles. The third kappa shape index (κ3) is 3.84. The second-order valence-corrected chi connectivity index (χ2v) is 7.21. The molecule has 1 saturated heterocycles. The molecule has 5 rings (SSSR count). The molecule has 1 amide bonds. The van der Waals surface area contributed by atoms with Crippen LogP contribution < -0.4 is 15.0 Å². The van der Waals surface area contributed by atoms with Gasteiger partial charge in [-0.05, 0) is 36.5 Å². The number of rotatable bonds is 6. The Morgan fingerprint density at radius 2 is 2.00 bits per heavy atom. The normalized spacial score (nSPS) is 16.2. The molecule has 0 bridgehead atoms. The monoisotopic (exact) mass is 389 g/mol. The van der Waals surface area contributed by atoms with Crippen molar-refractivity contribution >= 4 is 17.3 Å². The molecule has 1 aliphatic carbocycles. The fraction of sp³-hybridized carbons (Fsp3) is 0.300. The Balaban J connectivity index is 1.24. The zero-order valence-corrected chi connectivity index (χ0v) is 15.6. The Morgan fingerprint density at radius 3 is 2.79 bits per heavy atom. The summed E-state index contributed by atoms with van der Waals surface area (Å²) in [6.07, 6.45) is 12.2. The number of hydrogen-bond donors (Lipinski definition) is 1. The van der Waals surface area contributed by atoms with Crippen LogP contribution in [0.2, 0.25) is 0 Å². The van der Waals surface area contributed by atoms with Gasteiger partial charge in [-0.1, -0.05) is 0 Å². The van der Waals surface area contributed by atoms with Crippen molar-refractivity contribution in [1.82, 2.24) is 25.1 Å². The van der Waals surface area contributed by atoms with Crippen LogP contribution in [0.3, 0.4) is 0 Å². The molecule has 3 aromatic rings. The quantitative estimate of drug-likeness (QED) is 0.683. The van der Waals surface area contributed by atoms with Crippen molar-refractivity contribution in [3.63, 3.8) is 0 Å². The fourth-order valence-corrected chi connectivity index (χ4v) is 3.33. The van der Waals surface area contributed by atoms with Crippen LogP contribution in [-0.4, -0.2) is 50.2 Å². The van der Waals surface area contributed by atoms with Crippen molar-refractivity contribution in [1.29, 1.82) is 0 Å². The van der Waals surface area contributed by atoms with Gasteiger partial charge in [0.05, 0.1) is 49.3 Å². The van der Waals surface area contributed by atoms with Crippen LogP contribution in [0.25, 0.3) is 0 Å². The SMILES string of the molecule is O=C(Nc1ccnnc1)c1ncncc1N1CC(Oc2cncc(C3CC3)c2)C1. The lowest BCUT2D eigenvalue weighted by atomic mass is 10.1. The molecule has 0 radical (unpaired) electrons. The highest BCUT2D eigenvalue weighted by Crippen LogP contribution is 2.40. The van der Waals surface area contributed by atoms with E-state index in [1.165, 1.54) is 37.1 Å². The molecule has 1 saturated carbocycles. The fourth-order valence-electron chi connectivity index (χ4n) is 3.33. The molecule has 2 aliphatic rings. The van der Waals surface area contributed by atoms with Crippen LogP contribution in [0.5, 0.6) is 5.75 Å². The number of nitrogens with one attached hydrogen (secondary N) is 1. The number of carbonyl (C=O) groups excluding carboxylic acids is 1. The molecule has 0 unspecified atom stereocenters. The summed E-state index contributed by atoms with van der Waals surface area (Å²) in [4.78, 5) is 27.2. The number of ether oxygens (including phenoxy) is 1. The summed E-state index contributed by atoms with van der Waals surface area (Å²) < 4.78 is 6.06. The van der Waals surface area contributed by atoms with E-state index in [0.717, 1.165) is 5.75 Å². The summed E-state index contributed by atoms with van der Waals surface area (Å²) in [6.45, 7) is 1.30. The molecule has 1 N–H and O–H groups in total. The number of carbonyl (C=O) groups is 1. The number of amides is 1. The summed E-state index contributed by atoms with van der Waals surface area (Å²) in [5.41, 5.74) is 2.80. The van der Waals surface area contributed by atoms with Gasteiger partial charge in [0, 0.05) is 6.20 Å². The predicted molar refractivity (Wildman–Crippen MR) is 105 cm³/mol. The molecule has 9 heteroatoms. The predicted octanol–water partition coefficient (Wildman–Crippen LogP) is 2.06. The average Bonchev–Trinajstić information content (AvgIpc) is 3.57. The molecule has 29 heavy (non-hydrogen) atoms. The van der Waals surface area contributed by atoms with Crippen molar-refractivity contribution in [3.05, 3.63) is 60.7 Å². The van der Waals surface area contributed by atoms with E-state index >= 15 is 0 Å². The number of aromatic nitrogens is 5. The highest BCUT2D eigenvalue weighted by molar-refractivity contribution is 6.06. The van der Waals surface area contributed by atoms with Crippen molar-refractivity contribution < 1.29 is 9.53 Å². The molecule has 9 nitrogen and oxygen atoms in total. The number of hydrogen-bond acceptors (Lipinski definition) is 8. The average molecular weight is 389 g/mol. The molecular formula is C20H19N7O2. The molecule has 3 aromatic heterocycles. The van der Waals surface area contributed by atoms with Crippen molar-refractivity contribution in [2.75, 3.05) is 23.3 Å². The van der Waals surface area contributed by atoms with E-state index in [4.69, 9.17) is 4.74 Å². The van der Waals surface area contributed by atoms with Gasteiger partial charge >= 0.3 is 0 Å². The van der Waals surface area contributed by atoms with Crippen molar-refractivity contribution in [2.45, 2.75) is 24.9 Å². The summed E-state index contributed by atoms with van der Waals surface area (Å²) >= 11 is 0. The van der Waals surface area contributed by atoms with Gasteiger partial charge < -0.3 is 15.0 Å². The first-order valence-corrected chi connectivity index (χ1v) is 9.51. The first-order chi connectivity index (χ1) is 14.3. The molecule has 2 fully saturated rings. The molecule has 146 valence electrons. The highest BCUT2D eigenvalue weighted by Gasteiger charge is 2.32. The van der Waals surface area contributed by atoms with Gasteiger partial charge in [0.25, 0.3) is 5.91 Å². The number of pyridine rings is 1.